The van der Waals surface area contributed by atoms with E-state index in [2.05, 4.69) is 5.16 Å². The summed E-state index contributed by atoms with van der Waals surface area (Å²) >= 11 is 0. The van der Waals surface area contributed by atoms with E-state index in [4.69, 9.17) is 16.7 Å². The Kier molecular flexibility index (Phi) is 2.32. The lowest BCUT2D eigenvalue weighted by Gasteiger charge is -1.98. The van der Waals surface area contributed by atoms with Crippen LogP contribution in [0.2, 0.25) is 0 Å². The first-order valence-electron chi connectivity index (χ1n) is 1.88. The van der Waals surface area contributed by atoms with Crippen molar-refractivity contribution in [1.82, 2.24) is 0 Å². The van der Waals surface area contributed by atoms with Crippen molar-refractivity contribution in [3.63, 3.8) is 0 Å². The second-order valence-corrected chi connectivity index (χ2v) is 1.27. The molecule has 0 aliphatic rings. The zero-order valence-electron chi connectivity index (χ0n) is 4.13. The van der Waals surface area contributed by atoms with Crippen LogP contribution in [0, 0.1) is 0 Å². The van der Waals surface area contributed by atoms with Crippen LogP contribution in [0.4, 0.5) is 0 Å². The fourth-order valence-electron chi connectivity index (χ4n) is 0.0667. The van der Waals surface area contributed by atoms with Gasteiger partial charge in [-0.15, -0.1) is 0 Å². The Bertz CT molecular complexity index is 78.2. The zero-order valence-corrected chi connectivity index (χ0v) is 4.13. The summed E-state index contributed by atoms with van der Waals surface area (Å²) in [6.07, 6.45) is -0.634. The van der Waals surface area contributed by atoms with Gasteiger partial charge in [-0.05, 0) is 6.92 Å². The summed E-state index contributed by atoms with van der Waals surface area (Å²) < 4.78 is 0. The highest BCUT2D eigenvalue weighted by molar-refractivity contribution is 5.85. The van der Waals surface area contributed by atoms with E-state index in [1.807, 2.05) is 0 Å². The van der Waals surface area contributed by atoms with Gasteiger partial charge in [0.25, 0.3) is 0 Å². The van der Waals surface area contributed by atoms with Crippen LogP contribution in [0.5, 0.6) is 0 Å². The zero-order chi connectivity index (χ0) is 5.86. The molecule has 0 bridgehead atoms. The lowest BCUT2D eigenvalue weighted by Crippen LogP contribution is -2.37. The van der Waals surface area contributed by atoms with E-state index >= 15 is 0 Å². The van der Waals surface area contributed by atoms with Crippen LogP contribution in [0.15, 0.2) is 5.16 Å². The summed E-state index contributed by atoms with van der Waals surface area (Å²) in [5.41, 5.74) is 10.4. The molecule has 0 fully saturated rings. The normalized spacial score (nSPS) is 12.9. The standard InChI is InChI=1S/C3H9N3O/c1-2(6-7)3(4)5/h3,7H,4-5H2,1H3. The molecule has 0 aliphatic carbocycles. The number of hydrogen-bond donors (Lipinski definition) is 3. The van der Waals surface area contributed by atoms with Gasteiger partial charge in [0, 0.05) is 0 Å². The molecule has 0 rings (SSSR count). The number of nitrogens with zero attached hydrogens (tertiary/aromatic N) is 1. The Labute approximate surface area is 41.8 Å². The van der Waals surface area contributed by atoms with E-state index in [0.717, 1.165) is 0 Å². The average molecular weight is 103 g/mol. The molecule has 0 aromatic heterocycles. The summed E-state index contributed by atoms with van der Waals surface area (Å²) in [7, 11) is 0. The van der Waals surface area contributed by atoms with Gasteiger partial charge in [0.15, 0.2) is 0 Å². The van der Waals surface area contributed by atoms with Gasteiger partial charge in [-0.3, -0.25) is 0 Å². The Morgan fingerprint density at radius 2 is 2.14 bits per heavy atom. The monoisotopic (exact) mass is 103 g/mol. The predicted octanol–water partition coefficient (Wildman–Crippen LogP) is -0.920. The Morgan fingerprint density at radius 3 is 2.14 bits per heavy atom. The minimum atomic E-state index is -0.634. The van der Waals surface area contributed by atoms with Crippen LogP contribution in [0.25, 0.3) is 0 Å². The van der Waals surface area contributed by atoms with E-state index in [1.54, 1.807) is 6.92 Å². The highest BCUT2D eigenvalue weighted by Crippen LogP contribution is 1.71. The van der Waals surface area contributed by atoms with Gasteiger partial charge < -0.3 is 16.7 Å². The van der Waals surface area contributed by atoms with Crippen LogP contribution < -0.4 is 11.5 Å². The lowest BCUT2D eigenvalue weighted by atomic mass is 10.4. The van der Waals surface area contributed by atoms with Crippen molar-refractivity contribution in [2.45, 2.75) is 13.1 Å². The molecule has 7 heavy (non-hydrogen) atoms. The highest BCUT2D eigenvalue weighted by Gasteiger charge is 1.95. The van der Waals surface area contributed by atoms with E-state index < -0.39 is 6.17 Å². The van der Waals surface area contributed by atoms with Crippen molar-refractivity contribution in [3.05, 3.63) is 0 Å². The fourth-order valence-corrected chi connectivity index (χ4v) is 0.0667. The molecule has 0 radical (unpaired) electrons. The minimum absolute atomic E-state index is 0.333. The summed E-state index contributed by atoms with van der Waals surface area (Å²) in [5, 5.41) is 10.7. The van der Waals surface area contributed by atoms with Crippen LogP contribution in [-0.4, -0.2) is 17.1 Å². The predicted molar refractivity (Wildman–Crippen MR) is 27.1 cm³/mol. The summed E-state index contributed by atoms with van der Waals surface area (Å²) in [5.74, 6) is 0. The van der Waals surface area contributed by atoms with E-state index in [0.29, 0.717) is 5.71 Å². The molecule has 5 N–H and O–H groups in total. The first-order valence-corrected chi connectivity index (χ1v) is 1.88. The summed E-state index contributed by atoms with van der Waals surface area (Å²) in [6, 6.07) is 0. The van der Waals surface area contributed by atoms with Gasteiger partial charge in [0.2, 0.25) is 0 Å². The Hall–Kier alpha value is -0.610. The molecule has 0 heterocycles. The lowest BCUT2D eigenvalue weighted by molar-refractivity contribution is 0.316. The number of hydrogen-bond acceptors (Lipinski definition) is 4. The van der Waals surface area contributed by atoms with Gasteiger partial charge >= 0.3 is 0 Å². The van der Waals surface area contributed by atoms with Crippen molar-refractivity contribution >= 4 is 5.71 Å². The van der Waals surface area contributed by atoms with E-state index in [-0.39, 0.29) is 0 Å². The molecule has 0 amide bonds. The second-order valence-electron chi connectivity index (χ2n) is 1.27. The second kappa shape index (κ2) is 2.54. The third-order valence-electron chi connectivity index (χ3n) is 0.640. The van der Waals surface area contributed by atoms with Gasteiger partial charge in [0.05, 0.1) is 11.9 Å². The first kappa shape index (κ1) is 6.39. The van der Waals surface area contributed by atoms with Crippen molar-refractivity contribution in [3.8, 4) is 0 Å². The molecular weight excluding hydrogens is 94.1 g/mol. The molecule has 0 unspecified atom stereocenters. The maximum absolute atomic E-state index is 7.93. The van der Waals surface area contributed by atoms with Gasteiger partial charge in [-0.1, -0.05) is 5.16 Å². The van der Waals surface area contributed by atoms with E-state index in [9.17, 15) is 0 Å². The SMILES string of the molecule is CC(=NO)C(N)N. The van der Waals surface area contributed by atoms with Crippen molar-refractivity contribution < 1.29 is 5.21 Å². The molecule has 0 atom stereocenters. The van der Waals surface area contributed by atoms with Crippen LogP contribution in [0.1, 0.15) is 6.92 Å². The molecular formula is C3H9N3O. The Balaban J connectivity index is 3.56. The van der Waals surface area contributed by atoms with Gasteiger partial charge in [-0.2, -0.15) is 0 Å². The van der Waals surface area contributed by atoms with Crippen molar-refractivity contribution in [2.75, 3.05) is 0 Å². The largest absolute Gasteiger partial charge is 0.411 e. The maximum atomic E-state index is 7.93. The van der Waals surface area contributed by atoms with Gasteiger partial charge in [0.1, 0.15) is 0 Å². The highest BCUT2D eigenvalue weighted by atomic mass is 16.4. The molecule has 0 saturated carbocycles. The van der Waals surface area contributed by atoms with Crippen molar-refractivity contribution in [2.24, 2.45) is 16.6 Å². The first-order chi connectivity index (χ1) is 3.18. The topological polar surface area (TPSA) is 84.6 Å². The molecule has 0 aliphatic heterocycles. The van der Waals surface area contributed by atoms with E-state index in [1.165, 1.54) is 0 Å². The quantitative estimate of drug-likeness (QED) is 0.174. The average Bonchev–Trinajstić information content (AvgIpc) is 1.65. The molecule has 4 heteroatoms. The summed E-state index contributed by atoms with van der Waals surface area (Å²) in [4.78, 5) is 0. The fraction of sp³-hybridized carbons (Fsp3) is 0.667. The minimum Gasteiger partial charge on any atom is -0.411 e. The molecule has 4 nitrogen and oxygen atoms in total. The molecule has 42 valence electrons. The van der Waals surface area contributed by atoms with Crippen LogP contribution in [0.3, 0.4) is 0 Å². The van der Waals surface area contributed by atoms with Crippen LogP contribution in [-0.2, 0) is 0 Å². The molecule has 0 saturated heterocycles. The number of rotatable bonds is 1. The molecule has 0 aromatic rings. The summed E-state index contributed by atoms with van der Waals surface area (Å²) in [6.45, 7) is 1.55. The number of oxime groups is 1. The molecule has 0 spiro atoms. The van der Waals surface area contributed by atoms with Gasteiger partial charge in [-0.25, -0.2) is 0 Å². The molecule has 0 aromatic carbocycles. The third-order valence-corrected chi connectivity index (χ3v) is 0.640. The Morgan fingerprint density at radius 1 is 1.71 bits per heavy atom. The number of nitrogens with two attached hydrogens (primary N) is 2. The van der Waals surface area contributed by atoms with Crippen LogP contribution >= 0.6 is 0 Å². The third kappa shape index (κ3) is 2.13. The van der Waals surface area contributed by atoms with Crippen molar-refractivity contribution in [1.29, 1.82) is 0 Å². The smallest absolute Gasteiger partial charge is 0.0950 e. The maximum Gasteiger partial charge on any atom is 0.0950 e.